The first kappa shape index (κ1) is 15.6. The van der Waals surface area contributed by atoms with Crippen LogP contribution in [0.5, 0.6) is 0 Å². The van der Waals surface area contributed by atoms with E-state index in [2.05, 4.69) is 18.9 Å². The summed E-state index contributed by atoms with van der Waals surface area (Å²) < 4.78 is 28.4. The molecule has 1 N–H and O–H groups in total. The van der Waals surface area contributed by atoms with Gasteiger partial charge in [0.1, 0.15) is 11.6 Å². The van der Waals surface area contributed by atoms with Gasteiger partial charge < -0.3 is 5.11 Å². The second kappa shape index (κ2) is 6.80. The highest BCUT2D eigenvalue weighted by atomic mass is 19.1. The molecular formula is C16H20F2N2O. The third kappa shape index (κ3) is 3.67. The van der Waals surface area contributed by atoms with E-state index in [4.69, 9.17) is 0 Å². The van der Waals surface area contributed by atoms with E-state index < -0.39 is 17.7 Å². The van der Waals surface area contributed by atoms with E-state index in [0.717, 1.165) is 25.0 Å². The zero-order valence-electron chi connectivity index (χ0n) is 12.3. The van der Waals surface area contributed by atoms with E-state index in [1.807, 2.05) is 16.9 Å². The second-order valence-electron chi connectivity index (χ2n) is 5.14. The number of aliphatic hydroxyl groups excluding tert-OH is 1. The summed E-state index contributed by atoms with van der Waals surface area (Å²) in [4.78, 5) is 0. The number of aromatic nitrogens is 2. The van der Waals surface area contributed by atoms with Crippen molar-refractivity contribution in [2.45, 2.75) is 45.3 Å². The van der Waals surface area contributed by atoms with Crippen LogP contribution in [-0.2, 0) is 6.42 Å². The molecule has 3 nitrogen and oxygen atoms in total. The van der Waals surface area contributed by atoms with E-state index in [-0.39, 0.29) is 12.0 Å². The smallest absolute Gasteiger partial charge is 0.131 e. The molecule has 0 saturated carbocycles. The van der Waals surface area contributed by atoms with Crippen LogP contribution in [0.2, 0.25) is 0 Å². The van der Waals surface area contributed by atoms with Crippen molar-refractivity contribution in [2.24, 2.45) is 0 Å². The molecule has 2 aromatic rings. The zero-order chi connectivity index (χ0) is 15.4. The second-order valence-corrected chi connectivity index (χ2v) is 5.14. The molecule has 1 atom stereocenters. The Labute approximate surface area is 123 Å². The molecule has 114 valence electrons. The van der Waals surface area contributed by atoms with Crippen molar-refractivity contribution >= 4 is 0 Å². The molecule has 0 spiro atoms. The lowest BCUT2D eigenvalue weighted by molar-refractivity contribution is 0.171. The van der Waals surface area contributed by atoms with Gasteiger partial charge in [0.05, 0.1) is 17.8 Å². The molecule has 1 unspecified atom stereocenters. The SMILES string of the molecule is CCC(CC)n1ccc(CC(O)c2ccc(F)cc2F)n1. The van der Waals surface area contributed by atoms with Crippen molar-refractivity contribution in [3.8, 4) is 0 Å². The van der Waals surface area contributed by atoms with E-state index in [0.29, 0.717) is 11.7 Å². The highest BCUT2D eigenvalue weighted by molar-refractivity contribution is 5.22. The van der Waals surface area contributed by atoms with Crippen molar-refractivity contribution in [3.63, 3.8) is 0 Å². The fourth-order valence-electron chi connectivity index (χ4n) is 2.43. The van der Waals surface area contributed by atoms with Crippen LogP contribution < -0.4 is 0 Å². The Bertz CT molecular complexity index is 594. The molecule has 1 aromatic heterocycles. The molecule has 0 bridgehead atoms. The highest BCUT2D eigenvalue weighted by Crippen LogP contribution is 2.22. The van der Waals surface area contributed by atoms with Gasteiger partial charge in [0, 0.05) is 24.2 Å². The molecule has 0 amide bonds. The fraction of sp³-hybridized carbons (Fsp3) is 0.438. The summed E-state index contributed by atoms with van der Waals surface area (Å²) in [5, 5.41) is 14.5. The van der Waals surface area contributed by atoms with Crippen LogP contribution in [0.1, 0.15) is 50.1 Å². The Morgan fingerprint density at radius 3 is 2.52 bits per heavy atom. The van der Waals surface area contributed by atoms with Crippen LogP contribution in [0.3, 0.4) is 0 Å². The monoisotopic (exact) mass is 294 g/mol. The predicted octanol–water partition coefficient (Wildman–Crippen LogP) is 3.80. The van der Waals surface area contributed by atoms with Gasteiger partial charge in [-0.3, -0.25) is 4.68 Å². The van der Waals surface area contributed by atoms with E-state index in [9.17, 15) is 13.9 Å². The molecule has 0 aliphatic heterocycles. The number of hydrogen-bond acceptors (Lipinski definition) is 2. The van der Waals surface area contributed by atoms with Crippen LogP contribution in [0.4, 0.5) is 8.78 Å². The zero-order valence-corrected chi connectivity index (χ0v) is 12.3. The summed E-state index contributed by atoms with van der Waals surface area (Å²) >= 11 is 0. The number of aliphatic hydroxyl groups is 1. The Balaban J connectivity index is 2.11. The largest absolute Gasteiger partial charge is 0.388 e. The van der Waals surface area contributed by atoms with Gasteiger partial charge in [-0.05, 0) is 25.0 Å². The van der Waals surface area contributed by atoms with Crippen molar-refractivity contribution in [2.75, 3.05) is 0 Å². The summed E-state index contributed by atoms with van der Waals surface area (Å²) in [6.07, 6.45) is 3.01. The van der Waals surface area contributed by atoms with E-state index in [1.54, 1.807) is 0 Å². The topological polar surface area (TPSA) is 38.0 Å². The van der Waals surface area contributed by atoms with Gasteiger partial charge in [-0.2, -0.15) is 5.10 Å². The van der Waals surface area contributed by atoms with Gasteiger partial charge >= 0.3 is 0 Å². The van der Waals surface area contributed by atoms with Crippen LogP contribution in [0.25, 0.3) is 0 Å². The van der Waals surface area contributed by atoms with Gasteiger partial charge in [-0.15, -0.1) is 0 Å². The van der Waals surface area contributed by atoms with Crippen molar-refractivity contribution in [3.05, 3.63) is 53.4 Å². The maximum absolute atomic E-state index is 13.6. The molecule has 2 rings (SSSR count). The van der Waals surface area contributed by atoms with Crippen LogP contribution in [-0.4, -0.2) is 14.9 Å². The third-order valence-electron chi connectivity index (χ3n) is 3.70. The van der Waals surface area contributed by atoms with Gasteiger partial charge in [0.25, 0.3) is 0 Å². The Hall–Kier alpha value is -1.75. The summed E-state index contributed by atoms with van der Waals surface area (Å²) in [5.41, 5.74) is 0.784. The number of nitrogens with zero attached hydrogens (tertiary/aromatic N) is 2. The van der Waals surface area contributed by atoms with Gasteiger partial charge in [0.15, 0.2) is 0 Å². The Morgan fingerprint density at radius 1 is 1.19 bits per heavy atom. The quantitative estimate of drug-likeness (QED) is 0.880. The fourth-order valence-corrected chi connectivity index (χ4v) is 2.43. The van der Waals surface area contributed by atoms with Crippen LogP contribution in [0, 0.1) is 11.6 Å². The molecule has 21 heavy (non-hydrogen) atoms. The highest BCUT2D eigenvalue weighted by Gasteiger charge is 2.16. The number of rotatable bonds is 6. The normalized spacial score (nSPS) is 12.9. The minimum Gasteiger partial charge on any atom is -0.388 e. The Morgan fingerprint density at radius 2 is 1.90 bits per heavy atom. The minimum atomic E-state index is -1.03. The first-order chi connectivity index (χ1) is 10.0. The molecule has 1 heterocycles. The lowest BCUT2D eigenvalue weighted by atomic mass is 10.0. The number of hydrogen-bond donors (Lipinski definition) is 1. The van der Waals surface area contributed by atoms with Crippen LogP contribution in [0.15, 0.2) is 30.5 Å². The summed E-state index contributed by atoms with van der Waals surface area (Å²) in [6, 6.07) is 5.35. The molecule has 0 fully saturated rings. The van der Waals surface area contributed by atoms with Gasteiger partial charge in [0.2, 0.25) is 0 Å². The van der Waals surface area contributed by atoms with E-state index in [1.165, 1.54) is 6.07 Å². The Kier molecular flexibility index (Phi) is 5.07. The first-order valence-corrected chi connectivity index (χ1v) is 7.22. The van der Waals surface area contributed by atoms with Crippen LogP contribution >= 0.6 is 0 Å². The molecule has 0 saturated heterocycles. The lowest BCUT2D eigenvalue weighted by Gasteiger charge is -2.13. The van der Waals surface area contributed by atoms with Gasteiger partial charge in [-0.1, -0.05) is 19.9 Å². The minimum absolute atomic E-state index is 0.0912. The summed E-state index contributed by atoms with van der Waals surface area (Å²) in [7, 11) is 0. The van der Waals surface area contributed by atoms with Gasteiger partial charge in [-0.25, -0.2) is 8.78 Å². The summed E-state index contributed by atoms with van der Waals surface area (Å²) in [5.74, 6) is -1.39. The lowest BCUT2D eigenvalue weighted by Crippen LogP contribution is -2.09. The molecule has 0 aliphatic rings. The molecule has 1 aromatic carbocycles. The molecule has 5 heteroatoms. The maximum atomic E-state index is 13.6. The maximum Gasteiger partial charge on any atom is 0.131 e. The summed E-state index contributed by atoms with van der Waals surface area (Å²) in [6.45, 7) is 4.19. The first-order valence-electron chi connectivity index (χ1n) is 7.22. The molecule has 0 aliphatic carbocycles. The average Bonchev–Trinajstić information content (AvgIpc) is 2.88. The average molecular weight is 294 g/mol. The number of benzene rings is 1. The van der Waals surface area contributed by atoms with Crippen molar-refractivity contribution < 1.29 is 13.9 Å². The predicted molar refractivity (Wildman–Crippen MR) is 76.9 cm³/mol. The standard InChI is InChI=1S/C16H20F2N2O/c1-3-13(4-2)20-8-7-12(19-20)10-16(21)14-6-5-11(17)9-15(14)18/h5-9,13,16,21H,3-4,10H2,1-2H3. The molecular weight excluding hydrogens is 274 g/mol. The molecule has 0 radical (unpaired) electrons. The van der Waals surface area contributed by atoms with Crippen molar-refractivity contribution in [1.29, 1.82) is 0 Å². The van der Waals surface area contributed by atoms with Crippen molar-refractivity contribution in [1.82, 2.24) is 9.78 Å². The number of halogens is 2. The third-order valence-corrected chi connectivity index (χ3v) is 3.70. The van der Waals surface area contributed by atoms with E-state index >= 15 is 0 Å².